The molecule has 11 aromatic rings. The summed E-state index contributed by atoms with van der Waals surface area (Å²) in [6.45, 7) is 3.45. The van der Waals surface area contributed by atoms with Gasteiger partial charge in [0.2, 0.25) is 51.3 Å². The number of amides is 2. The summed E-state index contributed by atoms with van der Waals surface area (Å²) < 4.78 is 74.4. The molecular weight excluding hydrogens is 1330 g/mol. The Balaban J connectivity index is 0.000000139. The molecule has 3 aliphatic heterocycles. The Bertz CT molecular complexity index is 4610. The van der Waals surface area contributed by atoms with Crippen molar-refractivity contribution in [3.05, 3.63) is 243 Å². The van der Waals surface area contributed by atoms with E-state index in [2.05, 4.69) is 57.4 Å². The molecule has 9 heterocycles. The number of halogens is 3. The van der Waals surface area contributed by atoms with Gasteiger partial charge in [-0.1, -0.05) is 137 Å². The zero-order chi connectivity index (χ0) is 66.1. The second kappa shape index (κ2) is 29.8. The van der Waals surface area contributed by atoms with Crippen LogP contribution in [0.4, 0.5) is 0 Å². The highest BCUT2D eigenvalue weighted by Gasteiger charge is 2.42. The van der Waals surface area contributed by atoms with Crippen molar-refractivity contribution in [2.75, 3.05) is 19.6 Å². The van der Waals surface area contributed by atoms with Crippen LogP contribution in [0.25, 0.3) is 45.5 Å². The van der Waals surface area contributed by atoms with E-state index in [0.29, 0.717) is 84.5 Å². The molecule has 4 atom stereocenters. The van der Waals surface area contributed by atoms with Crippen molar-refractivity contribution in [2.24, 2.45) is 0 Å². The number of sulfonamides is 2. The minimum atomic E-state index is -3.81. The molecule has 3 fully saturated rings. The van der Waals surface area contributed by atoms with Crippen LogP contribution in [0.2, 0.25) is 14.4 Å². The van der Waals surface area contributed by atoms with E-state index in [9.17, 15) is 26.4 Å². The number of carbonyl (C=O) groups is 2. The van der Waals surface area contributed by atoms with E-state index in [4.69, 9.17) is 48.1 Å². The molecule has 21 nitrogen and oxygen atoms in total. The molecule has 14 rings (SSSR count). The second-order valence-corrected chi connectivity index (χ2v) is 29.0. The molecule has 4 unspecified atom stereocenters. The molecular formula is C68H61Cl3N12O9S3. The van der Waals surface area contributed by atoms with Crippen LogP contribution in [-0.2, 0) is 37.0 Å². The maximum atomic E-state index is 13.9. The van der Waals surface area contributed by atoms with Crippen molar-refractivity contribution in [2.45, 2.75) is 86.0 Å². The predicted octanol–water partition coefficient (Wildman–Crippen LogP) is 13.9. The van der Waals surface area contributed by atoms with Gasteiger partial charge in [0.25, 0.3) is 15.9 Å². The topological polar surface area (TPSA) is 267 Å². The molecule has 0 radical (unpaired) electrons. The SMILES string of the molecule is Cc1ccc(CS(=O)(=O)NC(Cc2ccccc2)C(=O)N2CCCC2c2nnc(-c3ccncc3)o2)cc1.O=C(c1ccc(Cl)cc1)N1CCCC1c1nnc(-c2ccc(-c3ccccc3)cc2)o1.O=S(=O)(c1cc(Cl)c(Cl)s1)N1CCCC1c1nnc(-c2ccncc2)o1. The van der Waals surface area contributed by atoms with E-state index >= 15 is 0 Å². The number of aryl methyl sites for hydroxylation is 1. The summed E-state index contributed by atoms with van der Waals surface area (Å²) in [5.41, 5.74) is 7.76. The van der Waals surface area contributed by atoms with Gasteiger partial charge in [-0.3, -0.25) is 19.6 Å². The molecule has 5 aromatic carbocycles. The summed E-state index contributed by atoms with van der Waals surface area (Å²) in [4.78, 5) is 38.3. The molecule has 3 saturated heterocycles. The number of hydrogen-bond donors (Lipinski definition) is 1. The van der Waals surface area contributed by atoms with Crippen molar-refractivity contribution >= 4 is 78.0 Å². The van der Waals surface area contributed by atoms with E-state index in [1.807, 2.05) is 91.9 Å². The van der Waals surface area contributed by atoms with E-state index in [-0.39, 0.29) is 49.5 Å². The highest BCUT2D eigenvalue weighted by molar-refractivity contribution is 7.91. The molecule has 0 saturated carbocycles. The third kappa shape index (κ3) is 15.9. The Morgan fingerprint density at radius 3 is 1.59 bits per heavy atom. The zero-order valence-corrected chi connectivity index (χ0v) is 55.7. The number of hydrogen-bond acceptors (Lipinski definition) is 18. The van der Waals surface area contributed by atoms with Crippen LogP contribution in [0.1, 0.15) is 101 Å². The molecule has 3 aliphatic rings. The van der Waals surface area contributed by atoms with Crippen molar-refractivity contribution in [3.8, 4) is 45.5 Å². The van der Waals surface area contributed by atoms with E-state index in [0.717, 1.165) is 69.5 Å². The first-order valence-electron chi connectivity index (χ1n) is 30.4. The molecule has 0 aliphatic carbocycles. The number of nitrogens with zero attached hydrogens (tertiary/aromatic N) is 11. The molecule has 0 bridgehead atoms. The standard InChI is InChI=1S/C28H29N5O4S.C25H20ClN3O2.C15H12Cl2N4O3S2/c1-20-9-11-22(12-10-20)19-38(35,36)32-24(18-21-6-3-2-4-7-21)28(34)33-17-5-8-25(33)27-31-30-26(37-27)23-13-15-29-16-14-23;26-21-14-12-20(13-15-21)25(30)29-16-4-7-22(29)24-28-27-23(31-24)19-10-8-18(9-11-19)17-5-2-1-3-6-17;16-10-8-12(25-13(10)17)26(22,23)21-7-1-2-11(21)15-20-19-14(24-15)9-3-5-18-6-4-9/h2-4,6-7,9-16,24-25,32H,5,8,17-19H2,1H3;1-3,5-6,8-15,22H,4,7,16H2;3-6,8,11H,1-2,7H2. The van der Waals surface area contributed by atoms with Gasteiger partial charge >= 0.3 is 0 Å². The van der Waals surface area contributed by atoms with Crippen LogP contribution in [0.3, 0.4) is 0 Å². The Labute approximate surface area is 567 Å². The smallest absolute Gasteiger partial charge is 0.254 e. The summed E-state index contributed by atoms with van der Waals surface area (Å²) in [6.07, 6.45) is 11.1. The van der Waals surface area contributed by atoms with Gasteiger partial charge in [-0.2, -0.15) is 4.31 Å². The van der Waals surface area contributed by atoms with Crippen LogP contribution in [0, 0.1) is 6.92 Å². The summed E-state index contributed by atoms with van der Waals surface area (Å²) >= 11 is 18.7. The fourth-order valence-electron chi connectivity index (χ4n) is 11.4. The molecule has 95 heavy (non-hydrogen) atoms. The monoisotopic (exact) mass is 1390 g/mol. The molecule has 2 amide bonds. The van der Waals surface area contributed by atoms with Crippen LogP contribution in [0.5, 0.6) is 0 Å². The number of benzene rings is 5. The van der Waals surface area contributed by atoms with Crippen molar-refractivity contribution in [3.63, 3.8) is 0 Å². The van der Waals surface area contributed by atoms with Gasteiger partial charge in [0, 0.05) is 71.7 Å². The van der Waals surface area contributed by atoms with Gasteiger partial charge in [-0.25, -0.2) is 21.6 Å². The number of thiophene rings is 1. The zero-order valence-electron chi connectivity index (χ0n) is 50.9. The minimum absolute atomic E-state index is 0.0499. The fraction of sp³-hybridized carbons (Fsp3) is 0.235. The van der Waals surface area contributed by atoms with Gasteiger partial charge in [0.05, 0.1) is 10.8 Å². The number of rotatable bonds is 17. The summed E-state index contributed by atoms with van der Waals surface area (Å²) in [7, 11) is -7.56. The van der Waals surface area contributed by atoms with Crippen LogP contribution < -0.4 is 4.72 Å². The Hall–Kier alpha value is -8.85. The Morgan fingerprint density at radius 2 is 1.03 bits per heavy atom. The number of likely N-dealkylation sites (tertiary alicyclic amines) is 2. The van der Waals surface area contributed by atoms with Gasteiger partial charge in [-0.15, -0.1) is 41.9 Å². The fourth-order valence-corrected chi connectivity index (χ4v) is 16.5. The first kappa shape index (κ1) is 66.2. The first-order chi connectivity index (χ1) is 46.0. The Morgan fingerprint density at radius 1 is 0.547 bits per heavy atom. The lowest BCUT2D eigenvalue weighted by molar-refractivity contribution is -0.134. The molecule has 0 spiro atoms. The highest BCUT2D eigenvalue weighted by Crippen LogP contribution is 2.42. The van der Waals surface area contributed by atoms with E-state index < -0.39 is 38.2 Å². The van der Waals surface area contributed by atoms with E-state index in [1.165, 1.54) is 10.4 Å². The van der Waals surface area contributed by atoms with Crippen LogP contribution in [0.15, 0.2) is 206 Å². The van der Waals surface area contributed by atoms with Crippen molar-refractivity contribution in [1.29, 1.82) is 0 Å². The third-order valence-electron chi connectivity index (χ3n) is 16.2. The van der Waals surface area contributed by atoms with Gasteiger partial charge < -0.3 is 23.1 Å². The van der Waals surface area contributed by atoms with Crippen molar-refractivity contribution < 1.29 is 39.7 Å². The highest BCUT2D eigenvalue weighted by atomic mass is 35.5. The van der Waals surface area contributed by atoms with Crippen LogP contribution in [-0.4, -0.2) is 109 Å². The molecule has 1 N–H and O–H groups in total. The number of carbonyl (C=O) groups excluding carboxylic acids is 2. The number of nitrogens with one attached hydrogen (secondary N) is 1. The summed E-state index contributed by atoms with van der Waals surface area (Å²) in [6, 6.07) is 48.2. The molecule has 6 aromatic heterocycles. The lowest BCUT2D eigenvalue weighted by Crippen LogP contribution is -2.49. The molecule has 486 valence electrons. The summed E-state index contributed by atoms with van der Waals surface area (Å²) in [5.74, 6) is 1.64. The predicted molar refractivity (Wildman–Crippen MR) is 359 cm³/mol. The number of pyridine rings is 2. The van der Waals surface area contributed by atoms with Crippen LogP contribution >= 0.6 is 46.1 Å². The lowest BCUT2D eigenvalue weighted by atomic mass is 10.0. The quantitative estimate of drug-likeness (QED) is 0.0887. The largest absolute Gasteiger partial charge is 0.419 e. The lowest BCUT2D eigenvalue weighted by Gasteiger charge is -2.27. The first-order valence-corrected chi connectivity index (χ1v) is 35.5. The maximum absolute atomic E-state index is 13.9. The second-order valence-electron chi connectivity index (χ2n) is 22.7. The number of aromatic nitrogens is 8. The van der Waals surface area contributed by atoms with E-state index in [1.54, 1.807) is 95.3 Å². The van der Waals surface area contributed by atoms with Gasteiger partial charge in [-0.05, 0) is 141 Å². The average Bonchev–Trinajstić information content (AvgIpc) is 1.65. The molecule has 27 heteroatoms. The minimum Gasteiger partial charge on any atom is -0.419 e. The summed E-state index contributed by atoms with van der Waals surface area (Å²) in [5, 5.41) is 25.8. The third-order valence-corrected chi connectivity index (χ3v) is 22.0. The van der Waals surface area contributed by atoms with Gasteiger partial charge in [0.15, 0.2) is 0 Å². The van der Waals surface area contributed by atoms with Crippen molar-refractivity contribution in [1.82, 2.24) is 59.4 Å². The maximum Gasteiger partial charge on any atom is 0.254 e. The normalized spacial score (nSPS) is 16.8. The van der Waals surface area contributed by atoms with Gasteiger partial charge in [0.1, 0.15) is 32.7 Å². The average molecular weight is 1390 g/mol. The Kier molecular flexibility index (Phi) is 20.8.